The van der Waals surface area contributed by atoms with Crippen molar-refractivity contribution in [3.05, 3.63) is 94.8 Å². The lowest BCUT2D eigenvalue weighted by Crippen LogP contribution is -2.40. The molecule has 3 aromatic rings. The van der Waals surface area contributed by atoms with Crippen LogP contribution in [0.25, 0.3) is 0 Å². The maximum atomic E-state index is 13.3. The molecule has 4 heteroatoms. The molecule has 0 aliphatic carbocycles. The molecule has 1 unspecified atom stereocenters. The van der Waals surface area contributed by atoms with Crippen molar-refractivity contribution in [3.8, 4) is 5.75 Å². The summed E-state index contributed by atoms with van der Waals surface area (Å²) in [6.45, 7) is 2.79. The Hall–Kier alpha value is -3.14. The molecule has 0 N–H and O–H groups in total. The molecule has 136 valence electrons. The molecule has 1 aliphatic heterocycles. The number of nitrogens with zero attached hydrogens (tertiary/aromatic N) is 2. The van der Waals surface area contributed by atoms with Gasteiger partial charge in [0.25, 0.3) is 5.91 Å². The van der Waals surface area contributed by atoms with E-state index in [0.29, 0.717) is 12.1 Å². The van der Waals surface area contributed by atoms with Crippen LogP contribution in [0.3, 0.4) is 0 Å². The maximum Gasteiger partial charge on any atom is 0.254 e. The van der Waals surface area contributed by atoms with Crippen molar-refractivity contribution >= 4 is 5.91 Å². The first kappa shape index (κ1) is 17.3. The lowest BCUT2D eigenvalue weighted by atomic mass is 9.87. The van der Waals surface area contributed by atoms with Gasteiger partial charge in [0.15, 0.2) is 0 Å². The lowest BCUT2D eigenvalue weighted by molar-refractivity contribution is 0.0694. The van der Waals surface area contributed by atoms with E-state index in [0.717, 1.165) is 17.7 Å². The van der Waals surface area contributed by atoms with Gasteiger partial charge in [-0.3, -0.25) is 9.78 Å². The molecule has 0 fully saturated rings. The highest BCUT2D eigenvalue weighted by molar-refractivity contribution is 5.95. The van der Waals surface area contributed by atoms with E-state index < -0.39 is 0 Å². The van der Waals surface area contributed by atoms with Gasteiger partial charge < -0.3 is 9.64 Å². The van der Waals surface area contributed by atoms with E-state index in [-0.39, 0.29) is 11.9 Å². The van der Waals surface area contributed by atoms with Crippen LogP contribution in [0.4, 0.5) is 0 Å². The summed E-state index contributed by atoms with van der Waals surface area (Å²) in [7, 11) is 1.62. The maximum absolute atomic E-state index is 13.3. The first-order valence-electron chi connectivity index (χ1n) is 9.12. The number of aromatic nitrogens is 1. The Bertz CT molecular complexity index is 952. The fourth-order valence-electron chi connectivity index (χ4n) is 3.77. The predicted molar refractivity (Wildman–Crippen MR) is 105 cm³/mol. The van der Waals surface area contributed by atoms with Crippen molar-refractivity contribution in [2.24, 2.45) is 0 Å². The van der Waals surface area contributed by atoms with Crippen molar-refractivity contribution in [3.63, 3.8) is 0 Å². The van der Waals surface area contributed by atoms with Gasteiger partial charge in [0.05, 0.1) is 13.2 Å². The van der Waals surface area contributed by atoms with Crippen molar-refractivity contribution in [1.82, 2.24) is 9.88 Å². The van der Waals surface area contributed by atoms with E-state index in [2.05, 4.69) is 30.1 Å². The third-order valence-corrected chi connectivity index (χ3v) is 5.12. The smallest absolute Gasteiger partial charge is 0.254 e. The number of methoxy groups -OCH3 is 1. The van der Waals surface area contributed by atoms with Gasteiger partial charge in [0.2, 0.25) is 0 Å². The average Bonchev–Trinajstić information content (AvgIpc) is 2.73. The zero-order valence-corrected chi connectivity index (χ0v) is 15.6. The summed E-state index contributed by atoms with van der Waals surface area (Å²) in [4.78, 5) is 19.6. The number of rotatable bonds is 3. The first-order valence-corrected chi connectivity index (χ1v) is 9.12. The van der Waals surface area contributed by atoms with Gasteiger partial charge in [0, 0.05) is 24.5 Å². The monoisotopic (exact) mass is 358 g/mol. The van der Waals surface area contributed by atoms with E-state index in [1.807, 2.05) is 47.5 Å². The molecule has 1 atom stereocenters. The molecule has 4 rings (SSSR count). The van der Waals surface area contributed by atoms with Crippen LogP contribution in [0, 0.1) is 6.92 Å². The van der Waals surface area contributed by atoms with Crippen LogP contribution >= 0.6 is 0 Å². The van der Waals surface area contributed by atoms with Crippen LogP contribution in [0.2, 0.25) is 0 Å². The number of hydrogen-bond donors (Lipinski definition) is 0. The number of ether oxygens (including phenoxy) is 1. The van der Waals surface area contributed by atoms with Crippen LogP contribution in [-0.2, 0) is 6.42 Å². The summed E-state index contributed by atoms with van der Waals surface area (Å²) in [5.41, 5.74) is 5.43. The Morgan fingerprint density at radius 2 is 1.96 bits per heavy atom. The largest absolute Gasteiger partial charge is 0.497 e. The highest BCUT2D eigenvalue weighted by Gasteiger charge is 2.32. The fraction of sp³-hybridized carbons (Fsp3) is 0.217. The molecule has 0 bridgehead atoms. The minimum atomic E-state index is -0.127. The zero-order chi connectivity index (χ0) is 18.8. The number of amides is 1. The fourth-order valence-corrected chi connectivity index (χ4v) is 3.77. The number of aryl methyl sites for hydroxylation is 1. The number of fused-ring (bicyclic) bond motifs is 1. The van der Waals surface area contributed by atoms with E-state index in [1.165, 1.54) is 16.7 Å². The quantitative estimate of drug-likeness (QED) is 0.705. The zero-order valence-electron chi connectivity index (χ0n) is 15.6. The SMILES string of the molecule is COc1ccc(C(=O)N2CCc3cc(C)ccc3C2c2cccnc2)cc1. The van der Waals surface area contributed by atoms with E-state index in [1.54, 1.807) is 13.3 Å². The Morgan fingerprint density at radius 1 is 1.15 bits per heavy atom. The van der Waals surface area contributed by atoms with Crippen LogP contribution in [-0.4, -0.2) is 29.4 Å². The molecule has 0 saturated carbocycles. The molecule has 1 amide bonds. The molecule has 27 heavy (non-hydrogen) atoms. The second kappa shape index (κ2) is 7.23. The Morgan fingerprint density at radius 3 is 2.67 bits per heavy atom. The molecule has 4 nitrogen and oxygen atoms in total. The number of carbonyl (C=O) groups is 1. The summed E-state index contributed by atoms with van der Waals surface area (Å²) >= 11 is 0. The number of benzene rings is 2. The Kier molecular flexibility index (Phi) is 4.63. The van der Waals surface area contributed by atoms with Crippen LogP contribution in [0.5, 0.6) is 5.75 Å². The van der Waals surface area contributed by atoms with Crippen molar-refractivity contribution in [2.75, 3.05) is 13.7 Å². The van der Waals surface area contributed by atoms with Crippen LogP contribution in [0.15, 0.2) is 67.0 Å². The summed E-state index contributed by atoms with van der Waals surface area (Å²) in [5, 5.41) is 0. The van der Waals surface area contributed by atoms with Gasteiger partial charge in [-0.1, -0.05) is 29.8 Å². The third-order valence-electron chi connectivity index (χ3n) is 5.12. The second-order valence-corrected chi connectivity index (χ2v) is 6.87. The highest BCUT2D eigenvalue weighted by Crippen LogP contribution is 2.36. The van der Waals surface area contributed by atoms with E-state index >= 15 is 0 Å². The topological polar surface area (TPSA) is 42.4 Å². The van der Waals surface area contributed by atoms with Crippen LogP contribution < -0.4 is 4.74 Å². The molecule has 1 aromatic heterocycles. The average molecular weight is 358 g/mol. The Balaban J connectivity index is 1.76. The molecule has 2 aromatic carbocycles. The summed E-state index contributed by atoms with van der Waals surface area (Å²) < 4.78 is 5.21. The van der Waals surface area contributed by atoms with Crippen LogP contribution in [0.1, 0.15) is 38.7 Å². The second-order valence-electron chi connectivity index (χ2n) is 6.87. The Labute approximate surface area is 159 Å². The van der Waals surface area contributed by atoms with Crippen molar-refractivity contribution in [2.45, 2.75) is 19.4 Å². The number of pyridine rings is 1. The lowest BCUT2D eigenvalue weighted by Gasteiger charge is -2.38. The minimum absolute atomic E-state index is 0.0257. The highest BCUT2D eigenvalue weighted by atomic mass is 16.5. The van der Waals surface area contributed by atoms with Crippen molar-refractivity contribution in [1.29, 1.82) is 0 Å². The molecule has 0 saturated heterocycles. The van der Waals surface area contributed by atoms with E-state index in [9.17, 15) is 4.79 Å². The van der Waals surface area contributed by atoms with Gasteiger partial charge in [0.1, 0.15) is 5.75 Å². The first-order chi connectivity index (χ1) is 13.2. The minimum Gasteiger partial charge on any atom is -0.497 e. The van der Waals surface area contributed by atoms with Gasteiger partial charge >= 0.3 is 0 Å². The van der Waals surface area contributed by atoms with Gasteiger partial charge in [-0.25, -0.2) is 0 Å². The summed E-state index contributed by atoms with van der Waals surface area (Å²) in [5.74, 6) is 0.771. The third kappa shape index (κ3) is 3.31. The van der Waals surface area contributed by atoms with Gasteiger partial charge in [-0.15, -0.1) is 0 Å². The number of hydrogen-bond acceptors (Lipinski definition) is 3. The van der Waals surface area contributed by atoms with Crippen molar-refractivity contribution < 1.29 is 9.53 Å². The molecular weight excluding hydrogens is 336 g/mol. The standard InChI is InChI=1S/C23H22N2O2/c1-16-5-10-21-18(14-16)11-13-25(22(21)19-4-3-12-24-15-19)23(26)17-6-8-20(27-2)9-7-17/h3-10,12,14-15,22H,11,13H2,1-2H3. The molecular formula is C23H22N2O2. The van der Waals surface area contributed by atoms with E-state index in [4.69, 9.17) is 4.74 Å². The molecule has 1 aliphatic rings. The number of carbonyl (C=O) groups excluding carboxylic acids is 1. The normalized spacial score (nSPS) is 15.9. The predicted octanol–water partition coefficient (Wildman–Crippen LogP) is 4.19. The molecule has 2 heterocycles. The molecule has 0 spiro atoms. The molecule has 0 radical (unpaired) electrons. The van der Waals surface area contributed by atoms with Gasteiger partial charge in [-0.05, 0) is 60.4 Å². The van der Waals surface area contributed by atoms with Gasteiger partial charge in [-0.2, -0.15) is 0 Å². The summed E-state index contributed by atoms with van der Waals surface area (Å²) in [6, 6.07) is 17.6. The summed E-state index contributed by atoms with van der Waals surface area (Å²) in [6.07, 6.45) is 4.47.